The maximum atomic E-state index is 12.2. The first-order valence-electron chi connectivity index (χ1n) is 6.68. The number of halogens is 1. The molecule has 6 nitrogen and oxygen atoms in total. The van der Waals surface area contributed by atoms with Gasteiger partial charge in [-0.2, -0.15) is 0 Å². The van der Waals surface area contributed by atoms with Crippen LogP contribution in [0.1, 0.15) is 26.4 Å². The van der Waals surface area contributed by atoms with E-state index in [4.69, 9.17) is 23.1 Å². The molecule has 0 fully saturated rings. The number of hydrogen-bond donors (Lipinski definition) is 4. The molecule has 0 unspecified atom stereocenters. The van der Waals surface area contributed by atoms with Gasteiger partial charge in [0.2, 0.25) is 5.91 Å². The number of rotatable bonds is 4. The van der Waals surface area contributed by atoms with Gasteiger partial charge in [-0.3, -0.25) is 9.59 Å². The first-order chi connectivity index (χ1) is 10.9. The van der Waals surface area contributed by atoms with Crippen molar-refractivity contribution in [1.29, 1.82) is 0 Å². The number of nitrogens with two attached hydrogens (primary N) is 2. The van der Waals surface area contributed by atoms with Crippen LogP contribution in [-0.2, 0) is 6.54 Å². The summed E-state index contributed by atoms with van der Waals surface area (Å²) in [6, 6.07) is 8.30. The van der Waals surface area contributed by atoms with Crippen LogP contribution in [-0.4, -0.2) is 16.8 Å². The monoisotopic (exact) mass is 348 g/mol. The van der Waals surface area contributed by atoms with E-state index in [1.165, 1.54) is 17.4 Å². The lowest BCUT2D eigenvalue weighted by atomic mass is 10.1. The Labute approximate surface area is 140 Å². The predicted molar refractivity (Wildman–Crippen MR) is 91.7 cm³/mol. The van der Waals surface area contributed by atoms with Crippen LogP contribution in [0.15, 0.2) is 30.3 Å². The van der Waals surface area contributed by atoms with Gasteiger partial charge < -0.3 is 21.8 Å². The average molecular weight is 349 g/mol. The minimum Gasteiger partial charge on any atom is -0.399 e. The highest BCUT2D eigenvalue weighted by molar-refractivity contribution is 7.22. The quantitative estimate of drug-likeness (QED) is 0.543. The summed E-state index contributed by atoms with van der Waals surface area (Å²) in [5.41, 5.74) is 13.7. The number of thiophene rings is 1. The van der Waals surface area contributed by atoms with Gasteiger partial charge in [0.15, 0.2) is 0 Å². The van der Waals surface area contributed by atoms with Gasteiger partial charge in [-0.15, -0.1) is 11.3 Å². The van der Waals surface area contributed by atoms with Crippen LogP contribution in [0.2, 0.25) is 4.34 Å². The number of primary amides is 1. The van der Waals surface area contributed by atoms with Crippen LogP contribution in [0.25, 0.3) is 10.2 Å². The fraction of sp³-hybridized carbons (Fsp3) is 0.0667. The first-order valence-corrected chi connectivity index (χ1v) is 7.87. The predicted octanol–water partition coefficient (Wildman–Crippen LogP) is 2.49. The molecule has 0 aliphatic rings. The molecule has 1 aromatic carbocycles. The zero-order valence-electron chi connectivity index (χ0n) is 11.9. The Morgan fingerprint density at radius 3 is 2.70 bits per heavy atom. The van der Waals surface area contributed by atoms with Crippen molar-refractivity contribution in [2.24, 2.45) is 5.73 Å². The Kier molecular flexibility index (Phi) is 3.97. The molecule has 6 N–H and O–H groups in total. The van der Waals surface area contributed by atoms with E-state index in [0.29, 0.717) is 26.8 Å². The Morgan fingerprint density at radius 2 is 2.00 bits per heavy atom. The van der Waals surface area contributed by atoms with E-state index in [-0.39, 0.29) is 12.5 Å². The van der Waals surface area contributed by atoms with Gasteiger partial charge >= 0.3 is 0 Å². The van der Waals surface area contributed by atoms with Crippen molar-refractivity contribution < 1.29 is 9.59 Å². The largest absolute Gasteiger partial charge is 0.399 e. The zero-order valence-corrected chi connectivity index (χ0v) is 13.4. The maximum Gasteiger partial charge on any atom is 0.268 e. The fourth-order valence-electron chi connectivity index (χ4n) is 2.25. The van der Waals surface area contributed by atoms with E-state index in [1.807, 2.05) is 0 Å². The van der Waals surface area contributed by atoms with Gasteiger partial charge in [-0.25, -0.2) is 0 Å². The minimum atomic E-state index is -0.564. The maximum absolute atomic E-state index is 12.2. The van der Waals surface area contributed by atoms with E-state index >= 15 is 0 Å². The molecule has 3 aromatic rings. The summed E-state index contributed by atoms with van der Waals surface area (Å²) >= 11 is 7.30. The number of aromatic amines is 1. The van der Waals surface area contributed by atoms with Gasteiger partial charge in [0, 0.05) is 17.8 Å². The number of aromatic nitrogens is 1. The summed E-state index contributed by atoms with van der Waals surface area (Å²) in [4.78, 5) is 26.4. The Morgan fingerprint density at radius 1 is 1.22 bits per heavy atom. The fourth-order valence-corrected chi connectivity index (χ4v) is 3.40. The molecule has 2 amide bonds. The third-order valence-corrected chi connectivity index (χ3v) is 4.48. The van der Waals surface area contributed by atoms with Crippen molar-refractivity contribution in [1.82, 2.24) is 10.3 Å². The lowest BCUT2D eigenvalue weighted by molar-refractivity contribution is 0.0946. The number of amides is 2. The Bertz CT molecular complexity index is 884. The molecular weight excluding hydrogens is 336 g/mol. The van der Waals surface area contributed by atoms with E-state index in [1.54, 1.807) is 24.3 Å². The standard InChI is InChI=1S/C15H13ClN4O2S/c16-13-5-10-12(23-13)4-11(20-10)15(22)19-6-7-1-8(14(18)21)3-9(17)2-7/h1-5,20H,6,17H2,(H2,18,21)(H,19,22). The molecule has 0 radical (unpaired) electrons. The number of nitrogens with one attached hydrogen (secondary N) is 2. The van der Waals surface area contributed by atoms with Gasteiger partial charge in [0.25, 0.3) is 5.91 Å². The van der Waals surface area contributed by atoms with Crippen LogP contribution in [0, 0.1) is 0 Å². The van der Waals surface area contributed by atoms with Crippen molar-refractivity contribution in [3.05, 3.63) is 51.5 Å². The lowest BCUT2D eigenvalue weighted by Crippen LogP contribution is -2.23. The third-order valence-electron chi connectivity index (χ3n) is 3.27. The molecule has 2 aromatic heterocycles. The minimum absolute atomic E-state index is 0.234. The summed E-state index contributed by atoms with van der Waals surface area (Å²) < 4.78 is 1.58. The van der Waals surface area contributed by atoms with Crippen LogP contribution in [0.4, 0.5) is 5.69 Å². The van der Waals surface area contributed by atoms with Gasteiger partial charge in [0.05, 0.1) is 14.6 Å². The number of anilines is 1. The molecular formula is C15H13ClN4O2S. The number of nitrogen functional groups attached to an aromatic ring is 1. The molecule has 0 saturated heterocycles. The van der Waals surface area contributed by atoms with Gasteiger partial charge in [-0.1, -0.05) is 11.6 Å². The highest BCUT2D eigenvalue weighted by atomic mass is 35.5. The first kappa shape index (κ1) is 15.4. The van der Waals surface area contributed by atoms with Crippen LogP contribution < -0.4 is 16.8 Å². The SMILES string of the molecule is NC(=O)c1cc(N)cc(CNC(=O)c2cc3sc(Cl)cc3[nH]2)c1. The number of carbonyl (C=O) groups is 2. The van der Waals surface area contributed by atoms with E-state index in [9.17, 15) is 9.59 Å². The normalized spacial score (nSPS) is 10.8. The van der Waals surface area contributed by atoms with Crippen molar-refractivity contribution in [3.8, 4) is 0 Å². The number of fused-ring (bicyclic) bond motifs is 1. The molecule has 2 heterocycles. The number of benzene rings is 1. The number of carbonyl (C=O) groups excluding carboxylic acids is 2. The van der Waals surface area contributed by atoms with Crippen molar-refractivity contribution >= 4 is 50.7 Å². The molecule has 0 spiro atoms. The number of H-pyrrole nitrogens is 1. The lowest BCUT2D eigenvalue weighted by Gasteiger charge is -2.07. The Hall–Kier alpha value is -2.51. The molecule has 0 aliphatic heterocycles. The van der Waals surface area contributed by atoms with Crippen LogP contribution in [0.3, 0.4) is 0 Å². The van der Waals surface area contributed by atoms with E-state index in [2.05, 4.69) is 10.3 Å². The van der Waals surface area contributed by atoms with Crippen molar-refractivity contribution in [3.63, 3.8) is 0 Å². The van der Waals surface area contributed by atoms with E-state index in [0.717, 1.165) is 10.2 Å². The average Bonchev–Trinajstić information content (AvgIpc) is 3.01. The summed E-state index contributed by atoms with van der Waals surface area (Å²) in [5, 5.41) is 2.77. The molecule has 23 heavy (non-hydrogen) atoms. The van der Waals surface area contributed by atoms with Crippen molar-refractivity contribution in [2.45, 2.75) is 6.54 Å². The van der Waals surface area contributed by atoms with Crippen molar-refractivity contribution in [2.75, 3.05) is 5.73 Å². The van der Waals surface area contributed by atoms with Gasteiger partial charge in [-0.05, 0) is 35.9 Å². The second-order valence-electron chi connectivity index (χ2n) is 5.02. The molecule has 8 heteroatoms. The number of hydrogen-bond acceptors (Lipinski definition) is 4. The molecule has 0 aliphatic carbocycles. The molecule has 3 rings (SSSR count). The van der Waals surface area contributed by atoms with Crippen LogP contribution in [0.5, 0.6) is 0 Å². The summed E-state index contributed by atoms with van der Waals surface area (Å²) in [5.74, 6) is -0.820. The smallest absolute Gasteiger partial charge is 0.268 e. The second-order valence-corrected chi connectivity index (χ2v) is 6.74. The molecule has 0 atom stereocenters. The second kappa shape index (κ2) is 5.94. The van der Waals surface area contributed by atoms with E-state index < -0.39 is 5.91 Å². The molecule has 118 valence electrons. The summed E-state index contributed by atoms with van der Waals surface area (Å²) in [6.45, 7) is 0.234. The Balaban J connectivity index is 1.73. The van der Waals surface area contributed by atoms with Crippen LogP contribution >= 0.6 is 22.9 Å². The highest BCUT2D eigenvalue weighted by Gasteiger charge is 2.12. The summed E-state index contributed by atoms with van der Waals surface area (Å²) in [6.07, 6.45) is 0. The highest BCUT2D eigenvalue weighted by Crippen LogP contribution is 2.29. The third kappa shape index (κ3) is 3.30. The topological polar surface area (TPSA) is 114 Å². The zero-order chi connectivity index (χ0) is 16.6. The molecule has 0 saturated carbocycles. The van der Waals surface area contributed by atoms with Gasteiger partial charge in [0.1, 0.15) is 5.69 Å². The molecule has 0 bridgehead atoms. The summed E-state index contributed by atoms with van der Waals surface area (Å²) in [7, 11) is 0.